The molecule has 0 bridgehead atoms. The third kappa shape index (κ3) is 5.41. The van der Waals surface area contributed by atoms with E-state index in [0.29, 0.717) is 18.8 Å². The first-order chi connectivity index (χ1) is 7.47. The number of nitrogens with zero attached hydrogens (tertiary/aromatic N) is 2. The lowest BCUT2D eigenvalue weighted by Crippen LogP contribution is -2.37. The van der Waals surface area contributed by atoms with Gasteiger partial charge in [0.05, 0.1) is 6.20 Å². The number of nitrogens with one attached hydrogen (secondary N) is 2. The van der Waals surface area contributed by atoms with E-state index in [0.717, 1.165) is 0 Å². The third-order valence-corrected chi connectivity index (χ3v) is 1.84. The number of aromatic nitrogens is 2. The lowest BCUT2D eigenvalue weighted by molar-refractivity contribution is -0.116. The Balaban J connectivity index is 2.27. The van der Waals surface area contributed by atoms with E-state index in [2.05, 4.69) is 41.4 Å². The summed E-state index contributed by atoms with van der Waals surface area (Å²) in [7, 11) is 0. The van der Waals surface area contributed by atoms with Crippen molar-refractivity contribution in [3.63, 3.8) is 0 Å². The monoisotopic (exact) mass is 222 g/mol. The molecule has 5 nitrogen and oxygen atoms in total. The van der Waals surface area contributed by atoms with Gasteiger partial charge in [0, 0.05) is 30.9 Å². The van der Waals surface area contributed by atoms with Crippen LogP contribution in [0.1, 0.15) is 27.2 Å². The first kappa shape index (κ1) is 12.6. The summed E-state index contributed by atoms with van der Waals surface area (Å²) >= 11 is 0. The average Bonchev–Trinajstić information content (AvgIpc) is 2.17. The highest BCUT2D eigenvalue weighted by molar-refractivity contribution is 5.89. The van der Waals surface area contributed by atoms with Crippen molar-refractivity contribution in [2.45, 2.75) is 32.7 Å². The van der Waals surface area contributed by atoms with Gasteiger partial charge in [0.25, 0.3) is 0 Å². The van der Waals surface area contributed by atoms with Crippen LogP contribution in [0.5, 0.6) is 0 Å². The Morgan fingerprint density at radius 3 is 2.69 bits per heavy atom. The number of hydrogen-bond donors (Lipinski definition) is 2. The van der Waals surface area contributed by atoms with Crippen molar-refractivity contribution in [3.8, 4) is 0 Å². The van der Waals surface area contributed by atoms with E-state index >= 15 is 0 Å². The SMILES string of the molecule is CC(C)(C)NCCC(=O)Nc1cnccn1. The molecular formula is C11H18N4O. The Kier molecular flexibility index (Phi) is 4.37. The molecule has 0 aliphatic carbocycles. The van der Waals surface area contributed by atoms with Gasteiger partial charge in [-0.1, -0.05) is 0 Å². The summed E-state index contributed by atoms with van der Waals surface area (Å²) in [6.07, 6.45) is 5.06. The summed E-state index contributed by atoms with van der Waals surface area (Å²) in [5.41, 5.74) is 0.0346. The zero-order chi connectivity index (χ0) is 12.0. The van der Waals surface area contributed by atoms with E-state index in [1.165, 1.54) is 6.20 Å². The second-order valence-corrected chi connectivity index (χ2v) is 4.57. The maximum absolute atomic E-state index is 11.5. The first-order valence-electron chi connectivity index (χ1n) is 5.28. The summed E-state index contributed by atoms with van der Waals surface area (Å²) < 4.78 is 0. The number of amides is 1. The van der Waals surface area contributed by atoms with Gasteiger partial charge < -0.3 is 10.6 Å². The standard InChI is InChI=1S/C11H18N4O/c1-11(2,3)14-5-4-10(16)15-9-8-12-6-7-13-9/h6-8,14H,4-5H2,1-3H3,(H,13,15,16). The second-order valence-electron chi connectivity index (χ2n) is 4.57. The number of carbonyl (C=O) groups is 1. The fraction of sp³-hybridized carbons (Fsp3) is 0.545. The molecule has 0 spiro atoms. The fourth-order valence-electron chi connectivity index (χ4n) is 1.12. The predicted octanol–water partition coefficient (Wildman–Crippen LogP) is 1.19. The second kappa shape index (κ2) is 5.55. The summed E-state index contributed by atoms with van der Waals surface area (Å²) in [5, 5.41) is 5.92. The van der Waals surface area contributed by atoms with Crippen molar-refractivity contribution >= 4 is 11.7 Å². The van der Waals surface area contributed by atoms with Crippen molar-refractivity contribution in [2.75, 3.05) is 11.9 Å². The highest BCUT2D eigenvalue weighted by Gasteiger charge is 2.09. The van der Waals surface area contributed by atoms with Crippen molar-refractivity contribution in [1.82, 2.24) is 15.3 Å². The molecule has 0 saturated heterocycles. The number of rotatable bonds is 4. The molecule has 0 atom stereocenters. The topological polar surface area (TPSA) is 66.9 Å². The molecule has 16 heavy (non-hydrogen) atoms. The summed E-state index contributed by atoms with van der Waals surface area (Å²) in [4.78, 5) is 19.3. The molecule has 1 rings (SSSR count). The molecule has 1 heterocycles. The smallest absolute Gasteiger partial charge is 0.226 e. The Hall–Kier alpha value is -1.49. The Bertz CT molecular complexity index is 332. The van der Waals surface area contributed by atoms with E-state index in [1.54, 1.807) is 12.4 Å². The number of carbonyl (C=O) groups excluding carboxylic acids is 1. The van der Waals surface area contributed by atoms with Gasteiger partial charge in [-0.05, 0) is 20.8 Å². The van der Waals surface area contributed by atoms with Gasteiger partial charge >= 0.3 is 0 Å². The Labute approximate surface area is 95.7 Å². The Morgan fingerprint density at radius 2 is 2.12 bits per heavy atom. The predicted molar refractivity (Wildman–Crippen MR) is 63.0 cm³/mol. The van der Waals surface area contributed by atoms with Crippen molar-refractivity contribution in [3.05, 3.63) is 18.6 Å². The molecule has 0 radical (unpaired) electrons. The van der Waals surface area contributed by atoms with E-state index in [1.807, 2.05) is 0 Å². The van der Waals surface area contributed by atoms with Gasteiger partial charge in [-0.15, -0.1) is 0 Å². The van der Waals surface area contributed by atoms with Gasteiger partial charge in [0.2, 0.25) is 5.91 Å². The minimum Gasteiger partial charge on any atom is -0.312 e. The first-order valence-corrected chi connectivity index (χ1v) is 5.28. The van der Waals surface area contributed by atoms with Crippen LogP contribution in [0, 0.1) is 0 Å². The van der Waals surface area contributed by atoms with Crippen LogP contribution >= 0.6 is 0 Å². The highest BCUT2D eigenvalue weighted by Crippen LogP contribution is 2.00. The molecule has 0 unspecified atom stereocenters. The van der Waals surface area contributed by atoms with Crippen molar-refractivity contribution in [1.29, 1.82) is 0 Å². The zero-order valence-electron chi connectivity index (χ0n) is 9.95. The summed E-state index contributed by atoms with van der Waals surface area (Å²) in [6, 6.07) is 0. The van der Waals surface area contributed by atoms with E-state index < -0.39 is 0 Å². The molecule has 1 amide bonds. The lowest BCUT2D eigenvalue weighted by Gasteiger charge is -2.20. The van der Waals surface area contributed by atoms with Crippen LogP contribution in [0.3, 0.4) is 0 Å². The molecule has 1 aromatic rings. The van der Waals surface area contributed by atoms with Crippen molar-refractivity contribution in [2.24, 2.45) is 0 Å². The average molecular weight is 222 g/mol. The zero-order valence-corrected chi connectivity index (χ0v) is 9.95. The maximum atomic E-state index is 11.5. The van der Waals surface area contributed by atoms with Gasteiger partial charge in [0.1, 0.15) is 0 Å². The molecule has 0 saturated carbocycles. The van der Waals surface area contributed by atoms with Crippen LogP contribution in [0.15, 0.2) is 18.6 Å². The van der Waals surface area contributed by atoms with Crippen LogP contribution in [-0.2, 0) is 4.79 Å². The van der Waals surface area contributed by atoms with Gasteiger partial charge in [-0.25, -0.2) is 4.98 Å². The minimum atomic E-state index is -0.0581. The van der Waals surface area contributed by atoms with E-state index in [-0.39, 0.29) is 11.4 Å². The molecule has 1 aromatic heterocycles. The van der Waals surface area contributed by atoms with Gasteiger partial charge in [0.15, 0.2) is 5.82 Å². The Morgan fingerprint density at radius 1 is 1.38 bits per heavy atom. The fourth-order valence-corrected chi connectivity index (χ4v) is 1.12. The van der Waals surface area contributed by atoms with Gasteiger partial charge in [-0.3, -0.25) is 9.78 Å². The number of hydrogen-bond acceptors (Lipinski definition) is 4. The van der Waals surface area contributed by atoms with Crippen LogP contribution in [0.4, 0.5) is 5.82 Å². The third-order valence-electron chi connectivity index (χ3n) is 1.84. The molecule has 5 heteroatoms. The lowest BCUT2D eigenvalue weighted by atomic mass is 10.1. The van der Waals surface area contributed by atoms with Gasteiger partial charge in [-0.2, -0.15) is 0 Å². The van der Waals surface area contributed by atoms with Crippen LogP contribution in [0.2, 0.25) is 0 Å². The maximum Gasteiger partial charge on any atom is 0.226 e. The quantitative estimate of drug-likeness (QED) is 0.803. The van der Waals surface area contributed by atoms with E-state index in [9.17, 15) is 4.79 Å². The largest absolute Gasteiger partial charge is 0.312 e. The summed E-state index contributed by atoms with van der Waals surface area (Å²) in [6.45, 7) is 6.84. The highest BCUT2D eigenvalue weighted by atomic mass is 16.1. The molecule has 0 fully saturated rings. The normalized spacial score (nSPS) is 11.2. The van der Waals surface area contributed by atoms with E-state index in [4.69, 9.17) is 0 Å². The van der Waals surface area contributed by atoms with Crippen LogP contribution < -0.4 is 10.6 Å². The van der Waals surface area contributed by atoms with Crippen LogP contribution in [0.25, 0.3) is 0 Å². The molecule has 2 N–H and O–H groups in total. The molecule has 0 aliphatic rings. The molecule has 88 valence electrons. The molecule has 0 aromatic carbocycles. The van der Waals surface area contributed by atoms with Crippen LogP contribution in [-0.4, -0.2) is 28.0 Å². The summed E-state index contributed by atoms with van der Waals surface area (Å²) in [5.74, 6) is 0.431. The molecular weight excluding hydrogens is 204 g/mol. The minimum absolute atomic E-state index is 0.0346. The van der Waals surface area contributed by atoms with Crippen molar-refractivity contribution < 1.29 is 4.79 Å². The molecule has 0 aliphatic heterocycles. The number of anilines is 1.